The van der Waals surface area contributed by atoms with Crippen molar-refractivity contribution in [1.29, 1.82) is 0 Å². The second kappa shape index (κ2) is 5.44. The van der Waals surface area contributed by atoms with E-state index in [0.717, 1.165) is 27.1 Å². The Morgan fingerprint density at radius 2 is 1.45 bits per heavy atom. The summed E-state index contributed by atoms with van der Waals surface area (Å²) in [6.45, 7) is 0. The molecule has 0 heterocycles. The first kappa shape index (κ1) is 13.4. The van der Waals surface area contributed by atoms with Crippen LogP contribution in [0.25, 0.3) is 21.5 Å². The zero-order chi connectivity index (χ0) is 14.1. The van der Waals surface area contributed by atoms with E-state index in [1.165, 1.54) is 0 Å². The second-order valence-electron chi connectivity index (χ2n) is 4.93. The van der Waals surface area contributed by atoms with E-state index in [2.05, 4.69) is 18.7 Å². The summed E-state index contributed by atoms with van der Waals surface area (Å²) in [4.78, 5) is 0. The van der Waals surface area contributed by atoms with Gasteiger partial charge in [0.05, 0.1) is 6.10 Å². The topological polar surface area (TPSA) is 40.5 Å². The summed E-state index contributed by atoms with van der Waals surface area (Å²) >= 11 is 4.06. The summed E-state index contributed by atoms with van der Waals surface area (Å²) in [5.41, 5.74) is 0.751. The molecule has 0 radical (unpaired) electrons. The predicted molar refractivity (Wildman–Crippen MR) is 86.3 cm³/mol. The van der Waals surface area contributed by atoms with E-state index in [1.807, 2.05) is 48.5 Å². The van der Waals surface area contributed by atoms with Crippen LogP contribution in [0.4, 0.5) is 0 Å². The van der Waals surface area contributed by atoms with Crippen molar-refractivity contribution >= 4 is 34.2 Å². The van der Waals surface area contributed by atoms with Gasteiger partial charge in [-0.2, -0.15) is 12.6 Å². The predicted octanol–water partition coefficient (Wildman–Crippen LogP) is 3.32. The number of rotatable bonds is 3. The summed E-state index contributed by atoms with van der Waals surface area (Å²) in [6.07, 6.45) is -1.80. The second-order valence-corrected chi connectivity index (χ2v) is 5.29. The van der Waals surface area contributed by atoms with E-state index >= 15 is 0 Å². The van der Waals surface area contributed by atoms with Gasteiger partial charge in [-0.1, -0.05) is 48.5 Å². The van der Waals surface area contributed by atoms with Gasteiger partial charge in [-0.15, -0.1) is 0 Å². The maximum atomic E-state index is 10.3. The summed E-state index contributed by atoms with van der Waals surface area (Å²) < 4.78 is 0. The van der Waals surface area contributed by atoms with E-state index in [-0.39, 0.29) is 5.75 Å². The van der Waals surface area contributed by atoms with Crippen LogP contribution in [0.1, 0.15) is 11.7 Å². The average Bonchev–Trinajstić information content (AvgIpc) is 2.52. The van der Waals surface area contributed by atoms with E-state index in [1.54, 1.807) is 0 Å². The Labute approximate surface area is 123 Å². The molecule has 2 unspecified atom stereocenters. The molecule has 0 spiro atoms. The van der Waals surface area contributed by atoms with Crippen molar-refractivity contribution < 1.29 is 10.2 Å². The molecule has 0 amide bonds. The summed E-state index contributed by atoms with van der Waals surface area (Å²) in [7, 11) is 0. The fraction of sp³-hybridized carbons (Fsp3) is 0.176. The number of aliphatic hydroxyl groups excluding tert-OH is 2. The number of hydrogen-bond acceptors (Lipinski definition) is 3. The minimum absolute atomic E-state index is 0.225. The molecule has 20 heavy (non-hydrogen) atoms. The first-order valence-electron chi connectivity index (χ1n) is 6.59. The van der Waals surface area contributed by atoms with Crippen LogP contribution in [0.15, 0.2) is 54.6 Å². The van der Waals surface area contributed by atoms with Crippen molar-refractivity contribution in [2.75, 3.05) is 5.75 Å². The van der Waals surface area contributed by atoms with E-state index in [0.29, 0.717) is 0 Å². The highest BCUT2D eigenvalue weighted by Crippen LogP contribution is 2.33. The molecule has 3 heteroatoms. The molecule has 3 aromatic rings. The molecule has 2 atom stereocenters. The van der Waals surface area contributed by atoms with Gasteiger partial charge in [0.25, 0.3) is 0 Å². The highest BCUT2D eigenvalue weighted by Gasteiger charge is 2.20. The molecular weight excluding hydrogens is 268 g/mol. The van der Waals surface area contributed by atoms with Crippen molar-refractivity contribution in [2.45, 2.75) is 12.2 Å². The maximum absolute atomic E-state index is 10.3. The minimum atomic E-state index is -0.929. The first-order chi connectivity index (χ1) is 9.72. The number of fused-ring (bicyclic) bond motifs is 3. The first-order valence-corrected chi connectivity index (χ1v) is 7.23. The highest BCUT2D eigenvalue weighted by atomic mass is 32.1. The smallest absolute Gasteiger partial charge is 0.106 e. The van der Waals surface area contributed by atoms with Crippen LogP contribution in [0.3, 0.4) is 0 Å². The zero-order valence-electron chi connectivity index (χ0n) is 10.9. The minimum Gasteiger partial charge on any atom is -0.389 e. The highest BCUT2D eigenvalue weighted by molar-refractivity contribution is 7.80. The monoisotopic (exact) mass is 284 g/mol. The average molecular weight is 284 g/mol. The Morgan fingerprint density at radius 3 is 2.15 bits per heavy atom. The number of benzene rings is 3. The van der Waals surface area contributed by atoms with Crippen LogP contribution < -0.4 is 0 Å². The van der Waals surface area contributed by atoms with Crippen LogP contribution in [0.5, 0.6) is 0 Å². The fourth-order valence-corrected chi connectivity index (χ4v) is 2.83. The Morgan fingerprint density at radius 1 is 0.850 bits per heavy atom. The largest absolute Gasteiger partial charge is 0.389 e. The standard InChI is InChI=1S/C17H16O2S/c18-16(10-20)17(19)15-9-11-5-1-2-6-12(11)13-7-3-4-8-14(13)15/h1-9,16-20H,10H2. The van der Waals surface area contributed by atoms with E-state index in [9.17, 15) is 10.2 Å². The third kappa shape index (κ3) is 2.18. The molecular formula is C17H16O2S. The lowest BCUT2D eigenvalue weighted by molar-refractivity contribution is 0.0347. The third-order valence-electron chi connectivity index (χ3n) is 3.67. The van der Waals surface area contributed by atoms with E-state index < -0.39 is 12.2 Å². The molecule has 0 saturated heterocycles. The normalized spacial score (nSPS) is 14.6. The van der Waals surface area contributed by atoms with Gasteiger partial charge in [0, 0.05) is 5.75 Å². The van der Waals surface area contributed by atoms with Crippen molar-refractivity contribution in [3.63, 3.8) is 0 Å². The van der Waals surface area contributed by atoms with Gasteiger partial charge >= 0.3 is 0 Å². The van der Waals surface area contributed by atoms with Gasteiger partial charge < -0.3 is 10.2 Å². The van der Waals surface area contributed by atoms with Crippen LogP contribution in [0, 0.1) is 0 Å². The molecule has 3 rings (SSSR count). The van der Waals surface area contributed by atoms with Gasteiger partial charge in [0.1, 0.15) is 6.10 Å². The van der Waals surface area contributed by atoms with Gasteiger partial charge in [0.15, 0.2) is 0 Å². The van der Waals surface area contributed by atoms with Crippen LogP contribution in [0.2, 0.25) is 0 Å². The lowest BCUT2D eigenvalue weighted by atomic mass is 9.93. The van der Waals surface area contributed by atoms with Crippen molar-refractivity contribution in [3.8, 4) is 0 Å². The summed E-state index contributed by atoms with van der Waals surface area (Å²) in [5.74, 6) is 0.225. The van der Waals surface area contributed by atoms with Crippen LogP contribution in [-0.2, 0) is 0 Å². The summed E-state index contributed by atoms with van der Waals surface area (Å²) in [5, 5.41) is 24.5. The Balaban J connectivity index is 2.34. The molecule has 0 aromatic heterocycles. The van der Waals surface area contributed by atoms with Gasteiger partial charge in [0.2, 0.25) is 0 Å². The number of thiol groups is 1. The molecule has 0 fully saturated rings. The Hall–Kier alpha value is -1.55. The van der Waals surface area contributed by atoms with Gasteiger partial charge in [-0.25, -0.2) is 0 Å². The Bertz CT molecular complexity index is 754. The lowest BCUT2D eigenvalue weighted by Crippen LogP contribution is -2.20. The Kier molecular flexibility index (Phi) is 3.66. The van der Waals surface area contributed by atoms with Crippen LogP contribution in [-0.4, -0.2) is 22.1 Å². The molecule has 0 aliphatic heterocycles. The third-order valence-corrected chi connectivity index (χ3v) is 4.04. The molecule has 0 aliphatic rings. The fourth-order valence-electron chi connectivity index (χ4n) is 2.63. The van der Waals surface area contributed by atoms with Crippen molar-refractivity contribution in [3.05, 3.63) is 60.2 Å². The molecule has 0 saturated carbocycles. The van der Waals surface area contributed by atoms with Gasteiger partial charge in [-0.05, 0) is 33.2 Å². The molecule has 2 N–H and O–H groups in total. The maximum Gasteiger partial charge on any atom is 0.106 e. The van der Waals surface area contributed by atoms with E-state index in [4.69, 9.17) is 0 Å². The SMILES string of the molecule is OC(CS)C(O)c1cc2ccccc2c2ccccc12. The van der Waals surface area contributed by atoms with Crippen molar-refractivity contribution in [2.24, 2.45) is 0 Å². The summed E-state index contributed by atoms with van der Waals surface area (Å²) in [6, 6.07) is 18.0. The quantitative estimate of drug-likeness (QED) is 0.510. The van der Waals surface area contributed by atoms with Crippen molar-refractivity contribution in [1.82, 2.24) is 0 Å². The molecule has 102 valence electrons. The molecule has 3 aromatic carbocycles. The van der Waals surface area contributed by atoms with Gasteiger partial charge in [-0.3, -0.25) is 0 Å². The number of hydrogen-bond donors (Lipinski definition) is 3. The molecule has 0 bridgehead atoms. The number of aliphatic hydroxyl groups is 2. The zero-order valence-corrected chi connectivity index (χ0v) is 11.8. The molecule has 0 aliphatic carbocycles. The van der Waals surface area contributed by atoms with Crippen LogP contribution >= 0.6 is 12.6 Å². The lowest BCUT2D eigenvalue weighted by Gasteiger charge is -2.19. The molecule has 2 nitrogen and oxygen atoms in total.